The summed E-state index contributed by atoms with van der Waals surface area (Å²) in [6.07, 6.45) is 1.20. The Labute approximate surface area is 127 Å². The summed E-state index contributed by atoms with van der Waals surface area (Å²) < 4.78 is 5.77. The van der Waals surface area contributed by atoms with Crippen molar-refractivity contribution in [1.82, 2.24) is 10.3 Å². The molecule has 0 spiro atoms. The number of carbonyl (C=O) groups excluding carboxylic acids is 1. The number of para-hydroxylation sites is 2. The molecular formula is C15H17N3O2S. The molecule has 5 nitrogen and oxygen atoms in total. The van der Waals surface area contributed by atoms with Gasteiger partial charge in [-0.05, 0) is 26.0 Å². The van der Waals surface area contributed by atoms with Crippen molar-refractivity contribution in [3.63, 3.8) is 0 Å². The lowest BCUT2D eigenvalue weighted by Crippen LogP contribution is -2.50. The van der Waals surface area contributed by atoms with E-state index < -0.39 is 11.6 Å². The van der Waals surface area contributed by atoms with Crippen LogP contribution in [0, 0.1) is 0 Å². The zero-order valence-electron chi connectivity index (χ0n) is 11.9. The third kappa shape index (κ3) is 2.85. The van der Waals surface area contributed by atoms with E-state index in [9.17, 15) is 4.79 Å². The van der Waals surface area contributed by atoms with E-state index in [1.54, 1.807) is 6.20 Å². The van der Waals surface area contributed by atoms with Gasteiger partial charge in [-0.15, -0.1) is 11.3 Å². The normalized spacial score (nSPS) is 17.3. The summed E-state index contributed by atoms with van der Waals surface area (Å²) in [7, 11) is 0. The number of hydrogen-bond donors (Lipinski definition) is 2. The van der Waals surface area contributed by atoms with Crippen LogP contribution < -0.4 is 15.4 Å². The van der Waals surface area contributed by atoms with Crippen molar-refractivity contribution in [2.75, 3.05) is 11.9 Å². The largest absolute Gasteiger partial charge is 0.477 e. The molecule has 21 heavy (non-hydrogen) atoms. The summed E-state index contributed by atoms with van der Waals surface area (Å²) in [5, 5.41) is 8.99. The van der Waals surface area contributed by atoms with Gasteiger partial charge in [0.1, 0.15) is 10.8 Å². The predicted molar refractivity (Wildman–Crippen MR) is 82.6 cm³/mol. The SMILES string of the molecule is CC(C)(NC(=O)C1CNc2ccccc2O1)c1nccs1. The van der Waals surface area contributed by atoms with Crippen LogP contribution in [-0.4, -0.2) is 23.5 Å². The number of ether oxygens (including phenoxy) is 1. The summed E-state index contributed by atoms with van der Waals surface area (Å²) in [5.74, 6) is 0.563. The highest BCUT2D eigenvalue weighted by Gasteiger charge is 2.32. The number of hydrogen-bond acceptors (Lipinski definition) is 5. The highest BCUT2D eigenvalue weighted by molar-refractivity contribution is 7.09. The molecule has 0 saturated heterocycles. The van der Waals surface area contributed by atoms with E-state index in [4.69, 9.17) is 4.74 Å². The minimum atomic E-state index is -0.542. The van der Waals surface area contributed by atoms with Crippen LogP contribution in [0.2, 0.25) is 0 Å². The van der Waals surface area contributed by atoms with E-state index in [-0.39, 0.29) is 5.91 Å². The molecule has 2 heterocycles. The van der Waals surface area contributed by atoms with Crippen molar-refractivity contribution in [1.29, 1.82) is 0 Å². The molecule has 0 aliphatic carbocycles. The molecule has 6 heteroatoms. The standard InChI is InChI=1S/C15H17N3O2S/c1-15(2,14-16-7-8-21-14)18-13(19)12-9-17-10-5-3-4-6-11(10)20-12/h3-8,12,17H,9H2,1-2H3,(H,18,19). The number of thiazole rings is 1. The topological polar surface area (TPSA) is 63.2 Å². The number of benzene rings is 1. The first-order chi connectivity index (χ1) is 10.1. The van der Waals surface area contributed by atoms with Gasteiger partial charge in [-0.2, -0.15) is 0 Å². The zero-order valence-corrected chi connectivity index (χ0v) is 12.7. The molecule has 1 aliphatic heterocycles. The molecule has 1 unspecified atom stereocenters. The second-order valence-electron chi connectivity index (χ2n) is 5.44. The van der Waals surface area contributed by atoms with Crippen molar-refractivity contribution in [2.24, 2.45) is 0 Å². The lowest BCUT2D eigenvalue weighted by molar-refractivity contribution is -0.129. The fraction of sp³-hybridized carbons (Fsp3) is 0.333. The average Bonchev–Trinajstić information content (AvgIpc) is 3.01. The van der Waals surface area contributed by atoms with Crippen LogP contribution in [0.3, 0.4) is 0 Å². The van der Waals surface area contributed by atoms with Crippen LogP contribution in [0.5, 0.6) is 5.75 Å². The lowest BCUT2D eigenvalue weighted by atomic mass is 10.1. The molecule has 1 aromatic heterocycles. The first kappa shape index (κ1) is 13.9. The van der Waals surface area contributed by atoms with E-state index in [0.717, 1.165) is 10.7 Å². The van der Waals surface area contributed by atoms with Crippen molar-refractivity contribution >= 4 is 22.9 Å². The van der Waals surface area contributed by atoms with E-state index in [1.165, 1.54) is 11.3 Å². The molecule has 0 radical (unpaired) electrons. The van der Waals surface area contributed by atoms with Crippen LogP contribution >= 0.6 is 11.3 Å². The molecule has 0 fully saturated rings. The van der Waals surface area contributed by atoms with Crippen LogP contribution in [0.25, 0.3) is 0 Å². The number of anilines is 1. The first-order valence-corrected chi connectivity index (χ1v) is 7.66. The monoisotopic (exact) mass is 303 g/mol. The average molecular weight is 303 g/mol. The molecule has 2 aromatic rings. The molecule has 1 amide bonds. The van der Waals surface area contributed by atoms with Crippen LogP contribution in [0.15, 0.2) is 35.8 Å². The Kier molecular flexibility index (Phi) is 3.55. The quantitative estimate of drug-likeness (QED) is 0.914. The Morgan fingerprint density at radius 1 is 1.48 bits per heavy atom. The second-order valence-corrected chi connectivity index (χ2v) is 6.33. The molecule has 0 saturated carbocycles. The second kappa shape index (κ2) is 5.37. The zero-order chi connectivity index (χ0) is 14.9. The van der Waals surface area contributed by atoms with Crippen LogP contribution in [0.4, 0.5) is 5.69 Å². The van der Waals surface area contributed by atoms with Crippen molar-refractivity contribution in [3.8, 4) is 5.75 Å². The fourth-order valence-electron chi connectivity index (χ4n) is 2.23. The Morgan fingerprint density at radius 3 is 3.05 bits per heavy atom. The maximum atomic E-state index is 12.4. The number of fused-ring (bicyclic) bond motifs is 1. The summed E-state index contributed by atoms with van der Waals surface area (Å²) >= 11 is 1.52. The van der Waals surface area contributed by atoms with Gasteiger partial charge in [-0.1, -0.05) is 12.1 Å². The maximum absolute atomic E-state index is 12.4. The first-order valence-electron chi connectivity index (χ1n) is 6.78. The summed E-state index contributed by atoms with van der Waals surface area (Å²) in [6, 6.07) is 7.61. The molecule has 0 bridgehead atoms. The van der Waals surface area contributed by atoms with Crippen molar-refractivity contribution in [3.05, 3.63) is 40.8 Å². The van der Waals surface area contributed by atoms with E-state index in [1.807, 2.05) is 43.5 Å². The van der Waals surface area contributed by atoms with Gasteiger partial charge in [0.05, 0.1) is 17.8 Å². The Hall–Kier alpha value is -2.08. The highest BCUT2D eigenvalue weighted by Crippen LogP contribution is 2.29. The van der Waals surface area contributed by atoms with Gasteiger partial charge >= 0.3 is 0 Å². The Balaban J connectivity index is 1.70. The molecule has 1 atom stereocenters. The molecule has 2 N–H and O–H groups in total. The van der Waals surface area contributed by atoms with Crippen LogP contribution in [0.1, 0.15) is 18.9 Å². The number of carbonyl (C=O) groups is 1. The van der Waals surface area contributed by atoms with Gasteiger partial charge < -0.3 is 15.4 Å². The summed E-state index contributed by atoms with van der Waals surface area (Å²) in [5.41, 5.74) is 0.409. The predicted octanol–water partition coefficient (Wildman–Crippen LogP) is 2.37. The smallest absolute Gasteiger partial charge is 0.263 e. The number of rotatable bonds is 3. The Morgan fingerprint density at radius 2 is 2.29 bits per heavy atom. The number of nitrogens with zero attached hydrogens (tertiary/aromatic N) is 1. The van der Waals surface area contributed by atoms with E-state index in [2.05, 4.69) is 15.6 Å². The van der Waals surface area contributed by atoms with E-state index >= 15 is 0 Å². The molecular weight excluding hydrogens is 286 g/mol. The van der Waals surface area contributed by atoms with Gasteiger partial charge in [-0.25, -0.2) is 4.98 Å². The van der Waals surface area contributed by atoms with Crippen LogP contribution in [-0.2, 0) is 10.3 Å². The van der Waals surface area contributed by atoms with Gasteiger partial charge in [-0.3, -0.25) is 4.79 Å². The number of nitrogens with one attached hydrogen (secondary N) is 2. The lowest BCUT2D eigenvalue weighted by Gasteiger charge is -2.30. The van der Waals surface area contributed by atoms with E-state index in [0.29, 0.717) is 12.3 Å². The van der Waals surface area contributed by atoms with Crippen molar-refractivity contribution < 1.29 is 9.53 Å². The fourth-order valence-corrected chi connectivity index (χ4v) is 2.95. The molecule has 110 valence electrons. The minimum absolute atomic E-state index is 0.141. The molecule has 1 aromatic carbocycles. The van der Waals surface area contributed by atoms with Gasteiger partial charge in [0.25, 0.3) is 5.91 Å². The maximum Gasteiger partial charge on any atom is 0.263 e. The third-order valence-electron chi connectivity index (χ3n) is 3.33. The van der Waals surface area contributed by atoms with Gasteiger partial charge in [0, 0.05) is 11.6 Å². The molecule has 3 rings (SSSR count). The highest BCUT2D eigenvalue weighted by atomic mass is 32.1. The summed E-state index contributed by atoms with van der Waals surface area (Å²) in [6.45, 7) is 4.33. The van der Waals surface area contributed by atoms with Crippen molar-refractivity contribution in [2.45, 2.75) is 25.5 Å². The summed E-state index contributed by atoms with van der Waals surface area (Å²) in [4.78, 5) is 16.7. The minimum Gasteiger partial charge on any atom is -0.477 e. The number of amides is 1. The Bertz CT molecular complexity index is 640. The van der Waals surface area contributed by atoms with Gasteiger partial charge in [0.2, 0.25) is 0 Å². The third-order valence-corrected chi connectivity index (χ3v) is 4.43. The number of aromatic nitrogens is 1. The molecule has 1 aliphatic rings. The van der Waals surface area contributed by atoms with Gasteiger partial charge in [0.15, 0.2) is 6.10 Å².